The van der Waals surface area contributed by atoms with Gasteiger partial charge in [0.15, 0.2) is 0 Å². The second-order valence-electron chi connectivity index (χ2n) is 5.87. The highest BCUT2D eigenvalue weighted by Gasteiger charge is 2.24. The topological polar surface area (TPSA) is 97.3 Å². The smallest absolute Gasteiger partial charge is 0.292 e. The molecule has 0 aliphatic carbocycles. The molecule has 1 atom stereocenters. The number of nitrogens with two attached hydrogens (primary N) is 1. The lowest BCUT2D eigenvalue weighted by Gasteiger charge is -2.20. The molecular weight excluding hydrogens is 294 g/mol. The van der Waals surface area contributed by atoms with Gasteiger partial charge < -0.3 is 20.5 Å². The summed E-state index contributed by atoms with van der Waals surface area (Å²) in [7, 11) is 0. The fourth-order valence-corrected chi connectivity index (χ4v) is 2.79. The molecule has 1 aliphatic heterocycles. The predicted octanol–water partition coefficient (Wildman–Crippen LogP) is 2.07. The predicted molar refractivity (Wildman–Crippen MR) is 87.1 cm³/mol. The van der Waals surface area contributed by atoms with E-state index in [1.54, 1.807) is 18.3 Å². The van der Waals surface area contributed by atoms with E-state index >= 15 is 0 Å². The second-order valence-corrected chi connectivity index (χ2v) is 5.87. The minimum Gasteiger partial charge on any atom is -0.384 e. The van der Waals surface area contributed by atoms with Gasteiger partial charge >= 0.3 is 0 Å². The van der Waals surface area contributed by atoms with E-state index in [0.717, 1.165) is 37.2 Å². The number of anilines is 2. The lowest BCUT2D eigenvalue weighted by Crippen LogP contribution is -2.32. The average molecular weight is 315 g/mol. The number of nitrogens with one attached hydrogen (secondary N) is 1. The van der Waals surface area contributed by atoms with Crippen LogP contribution in [0.25, 0.3) is 0 Å². The van der Waals surface area contributed by atoms with E-state index in [2.05, 4.69) is 15.5 Å². The minimum absolute atomic E-state index is 0.0830. The molecule has 23 heavy (non-hydrogen) atoms. The molecule has 7 nitrogen and oxygen atoms in total. The van der Waals surface area contributed by atoms with Gasteiger partial charge in [-0.15, -0.1) is 0 Å². The van der Waals surface area contributed by atoms with Gasteiger partial charge in [0.25, 0.3) is 5.91 Å². The van der Waals surface area contributed by atoms with Crippen LogP contribution >= 0.6 is 0 Å². The maximum Gasteiger partial charge on any atom is 0.292 e. The van der Waals surface area contributed by atoms with Crippen LogP contribution in [0.1, 0.15) is 35.5 Å². The minimum atomic E-state index is -0.0830. The van der Waals surface area contributed by atoms with Gasteiger partial charge in [0.2, 0.25) is 5.76 Å². The molecule has 1 aliphatic rings. The summed E-state index contributed by atoms with van der Waals surface area (Å²) in [5.74, 6) is 0.743. The van der Waals surface area contributed by atoms with Crippen molar-refractivity contribution in [3.05, 3.63) is 35.9 Å². The van der Waals surface area contributed by atoms with Gasteiger partial charge in [0.05, 0.1) is 17.6 Å². The molecule has 3 heterocycles. The van der Waals surface area contributed by atoms with Crippen molar-refractivity contribution in [1.29, 1.82) is 0 Å². The van der Waals surface area contributed by atoms with Gasteiger partial charge in [-0.2, -0.15) is 0 Å². The Morgan fingerprint density at radius 3 is 2.96 bits per heavy atom. The van der Waals surface area contributed by atoms with Gasteiger partial charge in [0, 0.05) is 25.2 Å². The van der Waals surface area contributed by atoms with Crippen LogP contribution in [-0.4, -0.2) is 40.1 Å². The monoisotopic (exact) mass is 315 g/mol. The Labute approximate surface area is 134 Å². The molecule has 0 bridgehead atoms. The number of amides is 1. The number of nitrogen functional groups attached to an aromatic ring is 1. The Kier molecular flexibility index (Phi) is 4.45. The molecule has 122 valence electrons. The zero-order chi connectivity index (χ0) is 16.2. The summed E-state index contributed by atoms with van der Waals surface area (Å²) in [5, 5.41) is 7.24. The van der Waals surface area contributed by atoms with Crippen LogP contribution in [0, 0.1) is 6.92 Å². The van der Waals surface area contributed by atoms with Gasteiger partial charge in [-0.25, -0.2) is 4.98 Å². The summed E-state index contributed by atoms with van der Waals surface area (Å²) in [4.78, 5) is 18.3. The zero-order valence-corrected chi connectivity index (χ0v) is 13.2. The summed E-state index contributed by atoms with van der Waals surface area (Å²) in [6.07, 6.45) is 4.56. The SMILES string of the molecule is Cc1cc(C(=O)N2CCCC(Nc3ccc(N)nc3)CC2)on1. The van der Waals surface area contributed by atoms with Crippen molar-refractivity contribution in [2.45, 2.75) is 32.2 Å². The third-order valence-corrected chi connectivity index (χ3v) is 4.01. The third kappa shape index (κ3) is 3.80. The van der Waals surface area contributed by atoms with Crippen LogP contribution in [0.2, 0.25) is 0 Å². The molecule has 1 fully saturated rings. The molecule has 2 aromatic rings. The number of hydrogen-bond donors (Lipinski definition) is 2. The second kappa shape index (κ2) is 6.68. The highest BCUT2D eigenvalue weighted by atomic mass is 16.5. The van der Waals surface area contributed by atoms with E-state index in [-0.39, 0.29) is 5.91 Å². The van der Waals surface area contributed by atoms with Crippen LogP contribution in [0.15, 0.2) is 28.9 Å². The van der Waals surface area contributed by atoms with Crippen LogP contribution in [0.5, 0.6) is 0 Å². The summed E-state index contributed by atoms with van der Waals surface area (Å²) in [6, 6.07) is 5.70. The molecule has 3 N–H and O–H groups in total. The number of carbonyl (C=O) groups excluding carboxylic acids is 1. The highest BCUT2D eigenvalue weighted by Crippen LogP contribution is 2.18. The first-order chi connectivity index (χ1) is 11.1. The summed E-state index contributed by atoms with van der Waals surface area (Å²) < 4.78 is 5.08. The van der Waals surface area contributed by atoms with Crippen molar-refractivity contribution in [2.75, 3.05) is 24.1 Å². The largest absolute Gasteiger partial charge is 0.384 e. The van der Waals surface area contributed by atoms with Crippen LogP contribution in [-0.2, 0) is 0 Å². The Morgan fingerprint density at radius 2 is 2.26 bits per heavy atom. The Hall–Kier alpha value is -2.57. The lowest BCUT2D eigenvalue weighted by molar-refractivity contribution is 0.0719. The van der Waals surface area contributed by atoms with Crippen molar-refractivity contribution in [3.8, 4) is 0 Å². The lowest BCUT2D eigenvalue weighted by atomic mass is 10.1. The van der Waals surface area contributed by atoms with E-state index in [9.17, 15) is 4.79 Å². The normalized spacial score (nSPS) is 18.5. The molecular formula is C16H21N5O2. The number of pyridine rings is 1. The molecule has 1 saturated heterocycles. The zero-order valence-electron chi connectivity index (χ0n) is 13.2. The molecule has 7 heteroatoms. The molecule has 2 aromatic heterocycles. The number of nitrogens with zero attached hydrogens (tertiary/aromatic N) is 3. The summed E-state index contributed by atoms with van der Waals surface area (Å²) in [6.45, 7) is 3.23. The molecule has 1 amide bonds. The van der Waals surface area contributed by atoms with Crippen molar-refractivity contribution in [3.63, 3.8) is 0 Å². The number of carbonyl (C=O) groups is 1. The fourth-order valence-electron chi connectivity index (χ4n) is 2.79. The fraction of sp³-hybridized carbons (Fsp3) is 0.438. The van der Waals surface area contributed by atoms with Gasteiger partial charge in [0.1, 0.15) is 5.82 Å². The van der Waals surface area contributed by atoms with Crippen molar-refractivity contribution >= 4 is 17.4 Å². The Morgan fingerprint density at radius 1 is 1.39 bits per heavy atom. The first-order valence-corrected chi connectivity index (χ1v) is 7.82. The van der Waals surface area contributed by atoms with E-state index in [4.69, 9.17) is 10.3 Å². The molecule has 3 rings (SSSR count). The highest BCUT2D eigenvalue weighted by molar-refractivity contribution is 5.91. The van der Waals surface area contributed by atoms with Crippen molar-refractivity contribution < 1.29 is 9.32 Å². The van der Waals surface area contributed by atoms with Gasteiger partial charge in [-0.1, -0.05) is 5.16 Å². The average Bonchev–Trinajstić information content (AvgIpc) is 2.84. The van der Waals surface area contributed by atoms with E-state index in [1.165, 1.54) is 0 Å². The maximum atomic E-state index is 12.4. The maximum absolute atomic E-state index is 12.4. The van der Waals surface area contributed by atoms with Crippen molar-refractivity contribution in [2.24, 2.45) is 0 Å². The van der Waals surface area contributed by atoms with Crippen LogP contribution in [0.4, 0.5) is 11.5 Å². The number of hydrogen-bond acceptors (Lipinski definition) is 6. The van der Waals surface area contributed by atoms with Gasteiger partial charge in [-0.3, -0.25) is 4.79 Å². The Bertz CT molecular complexity index is 667. The van der Waals surface area contributed by atoms with Crippen LogP contribution < -0.4 is 11.1 Å². The number of aromatic nitrogens is 2. The van der Waals surface area contributed by atoms with Gasteiger partial charge in [-0.05, 0) is 38.3 Å². The first kappa shape index (κ1) is 15.3. The van der Waals surface area contributed by atoms with Crippen molar-refractivity contribution in [1.82, 2.24) is 15.0 Å². The Balaban J connectivity index is 1.58. The van der Waals surface area contributed by atoms with E-state index < -0.39 is 0 Å². The first-order valence-electron chi connectivity index (χ1n) is 7.82. The molecule has 0 aromatic carbocycles. The summed E-state index contributed by atoms with van der Waals surface area (Å²) >= 11 is 0. The van der Waals surface area contributed by atoms with E-state index in [0.29, 0.717) is 24.2 Å². The van der Waals surface area contributed by atoms with E-state index in [1.807, 2.05) is 17.9 Å². The number of rotatable bonds is 3. The quantitative estimate of drug-likeness (QED) is 0.900. The number of likely N-dealkylation sites (tertiary alicyclic amines) is 1. The standard InChI is InChI=1S/C16H21N5O2/c1-11-9-14(23-20-11)16(22)21-7-2-3-12(6-8-21)19-13-4-5-15(17)18-10-13/h4-5,9-10,12,19H,2-3,6-8H2,1H3,(H2,17,18). The number of aryl methyl sites for hydroxylation is 1. The van der Waals surface area contributed by atoms with Crippen LogP contribution in [0.3, 0.4) is 0 Å². The molecule has 0 saturated carbocycles. The molecule has 0 spiro atoms. The third-order valence-electron chi connectivity index (χ3n) is 4.01. The summed E-state index contributed by atoms with van der Waals surface area (Å²) in [5.41, 5.74) is 7.27. The molecule has 0 radical (unpaired) electrons. The molecule has 1 unspecified atom stereocenters.